The van der Waals surface area contributed by atoms with Gasteiger partial charge in [-0.25, -0.2) is 0 Å². The topological polar surface area (TPSA) is 17.1 Å². The first-order valence-electron chi connectivity index (χ1n) is 7.43. The Kier molecular flexibility index (Phi) is 3.88. The number of carbonyl (C=O) groups is 1. The number of benzene rings is 3. The fourth-order valence-corrected chi connectivity index (χ4v) is 2.81. The highest BCUT2D eigenvalue weighted by atomic mass is 16.1. The van der Waals surface area contributed by atoms with Gasteiger partial charge in [-0.15, -0.1) is 0 Å². The van der Waals surface area contributed by atoms with Gasteiger partial charge in [-0.2, -0.15) is 0 Å². The third kappa shape index (κ3) is 2.71. The van der Waals surface area contributed by atoms with Crippen LogP contribution in [-0.4, -0.2) is 5.78 Å². The molecule has 108 valence electrons. The highest BCUT2D eigenvalue weighted by Gasteiger charge is 2.10. The lowest BCUT2D eigenvalue weighted by Gasteiger charge is -2.10. The second kappa shape index (κ2) is 5.98. The lowest BCUT2D eigenvalue weighted by molar-refractivity contribution is 0.103. The van der Waals surface area contributed by atoms with E-state index < -0.39 is 0 Å². The lowest BCUT2D eigenvalue weighted by atomic mass is 9.94. The Labute approximate surface area is 131 Å². The molecular formula is C21H18O. The zero-order chi connectivity index (χ0) is 15.5. The van der Waals surface area contributed by atoms with Crippen molar-refractivity contribution in [3.05, 3.63) is 95.1 Å². The predicted molar refractivity (Wildman–Crippen MR) is 91.2 cm³/mol. The summed E-state index contributed by atoms with van der Waals surface area (Å²) in [5.74, 6) is 0.0636. The fraction of sp³-hybridized carbons (Fsp3) is 0.0952. The Morgan fingerprint density at radius 3 is 1.77 bits per heavy atom. The van der Waals surface area contributed by atoms with Crippen LogP contribution in [0.15, 0.2) is 72.8 Å². The minimum absolute atomic E-state index is 0.0636. The summed E-state index contributed by atoms with van der Waals surface area (Å²) in [5, 5.41) is 0. The smallest absolute Gasteiger partial charge is 0.193 e. The maximum absolute atomic E-state index is 12.4. The molecule has 0 spiro atoms. The molecule has 1 heteroatoms. The first-order chi connectivity index (χ1) is 10.7. The van der Waals surface area contributed by atoms with Gasteiger partial charge in [0.05, 0.1) is 0 Å². The maximum atomic E-state index is 12.4. The van der Waals surface area contributed by atoms with Gasteiger partial charge in [-0.3, -0.25) is 4.79 Å². The molecule has 3 aromatic rings. The van der Waals surface area contributed by atoms with E-state index in [1.165, 1.54) is 16.7 Å². The van der Waals surface area contributed by atoms with Crippen molar-refractivity contribution in [1.29, 1.82) is 0 Å². The number of rotatable bonds is 3. The van der Waals surface area contributed by atoms with Crippen LogP contribution >= 0.6 is 0 Å². The van der Waals surface area contributed by atoms with E-state index in [1.54, 1.807) is 0 Å². The molecule has 0 atom stereocenters. The molecule has 0 fully saturated rings. The summed E-state index contributed by atoms with van der Waals surface area (Å²) in [7, 11) is 0. The van der Waals surface area contributed by atoms with Crippen molar-refractivity contribution in [2.24, 2.45) is 0 Å². The first-order valence-corrected chi connectivity index (χ1v) is 7.43. The molecule has 0 aliphatic heterocycles. The number of ketones is 1. The number of carbonyl (C=O) groups excluding carboxylic acids is 1. The summed E-state index contributed by atoms with van der Waals surface area (Å²) >= 11 is 0. The average Bonchev–Trinajstić information content (AvgIpc) is 2.55. The van der Waals surface area contributed by atoms with Crippen LogP contribution in [-0.2, 0) is 0 Å². The summed E-state index contributed by atoms with van der Waals surface area (Å²) in [5.41, 5.74) is 6.36. The fourth-order valence-electron chi connectivity index (χ4n) is 2.81. The van der Waals surface area contributed by atoms with Gasteiger partial charge in [0.2, 0.25) is 0 Å². The van der Waals surface area contributed by atoms with E-state index in [2.05, 4.69) is 32.0 Å². The van der Waals surface area contributed by atoms with Crippen molar-refractivity contribution in [1.82, 2.24) is 0 Å². The summed E-state index contributed by atoms with van der Waals surface area (Å²) in [4.78, 5) is 12.4. The second-order valence-corrected chi connectivity index (χ2v) is 5.54. The zero-order valence-corrected chi connectivity index (χ0v) is 12.8. The van der Waals surface area contributed by atoms with Crippen LogP contribution in [0.2, 0.25) is 0 Å². The van der Waals surface area contributed by atoms with E-state index in [1.807, 2.05) is 54.6 Å². The predicted octanol–water partition coefficient (Wildman–Crippen LogP) is 5.20. The van der Waals surface area contributed by atoms with E-state index >= 15 is 0 Å². The van der Waals surface area contributed by atoms with E-state index in [0.29, 0.717) is 0 Å². The highest BCUT2D eigenvalue weighted by Crippen LogP contribution is 2.27. The number of aryl methyl sites for hydroxylation is 2. The van der Waals surface area contributed by atoms with Crippen LogP contribution in [0.25, 0.3) is 11.1 Å². The van der Waals surface area contributed by atoms with Gasteiger partial charge >= 0.3 is 0 Å². The third-order valence-electron chi connectivity index (χ3n) is 3.95. The molecule has 0 heterocycles. The van der Waals surface area contributed by atoms with E-state index in [-0.39, 0.29) is 5.78 Å². The van der Waals surface area contributed by atoms with Gasteiger partial charge in [-0.05, 0) is 36.1 Å². The Morgan fingerprint density at radius 2 is 1.18 bits per heavy atom. The van der Waals surface area contributed by atoms with Crippen molar-refractivity contribution in [2.45, 2.75) is 13.8 Å². The zero-order valence-electron chi connectivity index (χ0n) is 12.8. The molecule has 0 saturated carbocycles. The van der Waals surface area contributed by atoms with Crippen molar-refractivity contribution < 1.29 is 4.79 Å². The summed E-state index contributed by atoms with van der Waals surface area (Å²) in [6.07, 6.45) is 0. The average molecular weight is 286 g/mol. The third-order valence-corrected chi connectivity index (χ3v) is 3.95. The molecule has 0 aliphatic rings. The molecule has 0 amide bonds. The van der Waals surface area contributed by atoms with E-state index in [0.717, 1.165) is 16.7 Å². The van der Waals surface area contributed by atoms with Crippen LogP contribution in [0.4, 0.5) is 0 Å². The highest BCUT2D eigenvalue weighted by molar-refractivity contribution is 6.09. The molecule has 3 aromatic carbocycles. The van der Waals surface area contributed by atoms with Crippen LogP contribution in [0.1, 0.15) is 27.0 Å². The molecule has 0 N–H and O–H groups in total. The molecule has 0 saturated heterocycles. The molecule has 22 heavy (non-hydrogen) atoms. The van der Waals surface area contributed by atoms with Gasteiger partial charge in [0, 0.05) is 11.1 Å². The van der Waals surface area contributed by atoms with Gasteiger partial charge < -0.3 is 0 Å². The van der Waals surface area contributed by atoms with Crippen molar-refractivity contribution in [2.75, 3.05) is 0 Å². The monoisotopic (exact) mass is 286 g/mol. The molecular weight excluding hydrogens is 268 g/mol. The normalized spacial score (nSPS) is 10.5. The lowest BCUT2D eigenvalue weighted by Crippen LogP contribution is -2.00. The SMILES string of the molecule is Cc1cccc(C)c1-c1ccc(C(=O)c2ccccc2)cc1. The first kappa shape index (κ1) is 14.3. The van der Waals surface area contributed by atoms with Gasteiger partial charge in [0.1, 0.15) is 0 Å². The largest absolute Gasteiger partial charge is 0.289 e. The van der Waals surface area contributed by atoms with Gasteiger partial charge in [0.25, 0.3) is 0 Å². The summed E-state index contributed by atoms with van der Waals surface area (Å²) < 4.78 is 0. The minimum atomic E-state index is 0.0636. The van der Waals surface area contributed by atoms with Crippen molar-refractivity contribution >= 4 is 5.78 Å². The molecule has 0 unspecified atom stereocenters. The minimum Gasteiger partial charge on any atom is -0.289 e. The molecule has 3 rings (SSSR count). The molecule has 0 radical (unpaired) electrons. The maximum Gasteiger partial charge on any atom is 0.193 e. The molecule has 0 aromatic heterocycles. The second-order valence-electron chi connectivity index (χ2n) is 5.54. The summed E-state index contributed by atoms with van der Waals surface area (Å²) in [6.45, 7) is 4.23. The molecule has 0 bridgehead atoms. The Bertz CT molecular complexity index is 779. The molecule has 0 aliphatic carbocycles. The van der Waals surface area contributed by atoms with Crippen LogP contribution in [0.3, 0.4) is 0 Å². The van der Waals surface area contributed by atoms with Crippen molar-refractivity contribution in [3.8, 4) is 11.1 Å². The van der Waals surface area contributed by atoms with Crippen molar-refractivity contribution in [3.63, 3.8) is 0 Å². The van der Waals surface area contributed by atoms with Crippen LogP contribution < -0.4 is 0 Å². The quantitative estimate of drug-likeness (QED) is 0.605. The van der Waals surface area contributed by atoms with E-state index in [9.17, 15) is 4.79 Å². The Hall–Kier alpha value is -2.67. The van der Waals surface area contributed by atoms with Gasteiger partial charge in [0.15, 0.2) is 5.78 Å². The standard InChI is InChI=1S/C21H18O/c1-15-7-6-8-16(2)20(15)17-11-13-19(14-12-17)21(22)18-9-4-3-5-10-18/h3-14H,1-2H3. The van der Waals surface area contributed by atoms with Gasteiger partial charge in [-0.1, -0.05) is 72.8 Å². The number of hydrogen-bond donors (Lipinski definition) is 0. The van der Waals surface area contributed by atoms with Crippen LogP contribution in [0.5, 0.6) is 0 Å². The molecule has 1 nitrogen and oxygen atoms in total. The van der Waals surface area contributed by atoms with Crippen LogP contribution in [0, 0.1) is 13.8 Å². The van der Waals surface area contributed by atoms with E-state index in [4.69, 9.17) is 0 Å². The Balaban J connectivity index is 1.95. The number of hydrogen-bond acceptors (Lipinski definition) is 1. The Morgan fingerprint density at radius 1 is 0.636 bits per heavy atom. The summed E-state index contributed by atoms with van der Waals surface area (Å²) in [6, 6.07) is 23.6.